The number of benzene rings is 2. The molecule has 1 aliphatic rings. The quantitative estimate of drug-likeness (QED) is 0.685. The average molecular weight is 407 g/mol. The lowest BCUT2D eigenvalue weighted by Gasteiger charge is -2.30. The van der Waals surface area contributed by atoms with Gasteiger partial charge in [0.05, 0.1) is 12.0 Å². The third-order valence-corrected chi connectivity index (χ3v) is 5.34. The second-order valence-electron chi connectivity index (χ2n) is 7.47. The zero-order valence-corrected chi connectivity index (χ0v) is 17.3. The largest absolute Gasteiger partial charge is 0.480 e. The molecule has 30 heavy (non-hydrogen) atoms. The van der Waals surface area contributed by atoms with Gasteiger partial charge in [-0.15, -0.1) is 5.92 Å². The molecular weight excluding hydrogens is 382 g/mol. The summed E-state index contributed by atoms with van der Waals surface area (Å²) in [6.07, 6.45) is -0.801. The van der Waals surface area contributed by atoms with Crippen molar-refractivity contribution in [2.75, 3.05) is 20.3 Å². The number of carbonyl (C=O) groups excluding carboxylic acids is 1. The first kappa shape index (κ1) is 21.4. The van der Waals surface area contributed by atoms with Gasteiger partial charge in [-0.25, -0.2) is 9.59 Å². The second kappa shape index (κ2) is 9.02. The van der Waals surface area contributed by atoms with E-state index in [1.54, 1.807) is 13.8 Å². The topological polar surface area (TPSA) is 84.9 Å². The number of methoxy groups -OCH3 is 1. The Hall–Kier alpha value is -3.30. The maximum absolute atomic E-state index is 12.5. The summed E-state index contributed by atoms with van der Waals surface area (Å²) in [6, 6.07) is 14.7. The third-order valence-electron chi connectivity index (χ3n) is 5.34. The Morgan fingerprint density at radius 3 is 2.20 bits per heavy atom. The molecule has 2 aromatic carbocycles. The Morgan fingerprint density at radius 2 is 1.70 bits per heavy atom. The summed E-state index contributed by atoms with van der Waals surface area (Å²) in [4.78, 5) is 24.3. The van der Waals surface area contributed by atoms with Crippen molar-refractivity contribution in [2.24, 2.45) is 5.41 Å². The van der Waals surface area contributed by atoms with Gasteiger partial charge in [0.15, 0.2) is 0 Å². The lowest BCUT2D eigenvalue weighted by Crippen LogP contribution is -2.53. The van der Waals surface area contributed by atoms with Crippen molar-refractivity contribution in [3.05, 3.63) is 59.7 Å². The van der Waals surface area contributed by atoms with Crippen molar-refractivity contribution in [3.8, 4) is 23.0 Å². The van der Waals surface area contributed by atoms with Crippen LogP contribution in [-0.4, -0.2) is 43.5 Å². The zero-order chi connectivity index (χ0) is 21.7. The fourth-order valence-electron chi connectivity index (χ4n) is 4.03. The van der Waals surface area contributed by atoms with Gasteiger partial charge < -0.3 is 19.9 Å². The van der Waals surface area contributed by atoms with Crippen molar-refractivity contribution >= 4 is 12.1 Å². The number of amides is 1. The zero-order valence-electron chi connectivity index (χ0n) is 17.3. The van der Waals surface area contributed by atoms with Gasteiger partial charge in [-0.1, -0.05) is 54.5 Å². The van der Waals surface area contributed by atoms with E-state index in [1.165, 1.54) is 7.11 Å². The van der Waals surface area contributed by atoms with E-state index in [0.29, 0.717) is 0 Å². The van der Waals surface area contributed by atoms with Crippen molar-refractivity contribution < 1.29 is 24.2 Å². The Morgan fingerprint density at radius 1 is 1.13 bits per heavy atom. The number of alkyl carbamates (subject to hydrolysis) is 1. The SMILES string of the molecule is CC#C[C@](C)(COC)[C@H](NC(=O)OCC1c2ccccc2-c2ccccc21)C(=O)O. The molecule has 156 valence electrons. The van der Waals surface area contributed by atoms with E-state index in [9.17, 15) is 14.7 Å². The number of ether oxygens (including phenoxy) is 2. The van der Waals surface area contributed by atoms with Crippen LogP contribution in [0.4, 0.5) is 4.79 Å². The first-order chi connectivity index (χ1) is 14.4. The minimum absolute atomic E-state index is 0.0501. The van der Waals surface area contributed by atoms with Gasteiger partial charge in [-0.3, -0.25) is 0 Å². The van der Waals surface area contributed by atoms with Gasteiger partial charge in [0, 0.05) is 13.0 Å². The maximum atomic E-state index is 12.5. The van der Waals surface area contributed by atoms with Gasteiger partial charge >= 0.3 is 12.1 Å². The van der Waals surface area contributed by atoms with E-state index in [-0.39, 0.29) is 19.1 Å². The lowest BCUT2D eigenvalue weighted by molar-refractivity contribution is -0.142. The van der Waals surface area contributed by atoms with E-state index in [0.717, 1.165) is 22.3 Å². The number of carboxylic acid groups (broad SMARTS) is 1. The van der Waals surface area contributed by atoms with E-state index in [2.05, 4.69) is 17.2 Å². The molecule has 2 N–H and O–H groups in total. The molecule has 0 heterocycles. The number of fused-ring (bicyclic) bond motifs is 3. The van der Waals surface area contributed by atoms with Gasteiger partial charge in [0.1, 0.15) is 12.6 Å². The van der Waals surface area contributed by atoms with Crippen molar-refractivity contribution in [2.45, 2.75) is 25.8 Å². The molecule has 0 fully saturated rings. The molecule has 6 heteroatoms. The van der Waals surface area contributed by atoms with Crippen LogP contribution in [0.5, 0.6) is 0 Å². The van der Waals surface area contributed by atoms with Crippen LogP contribution in [0, 0.1) is 17.3 Å². The highest BCUT2D eigenvalue weighted by Crippen LogP contribution is 2.44. The standard InChI is InChI=1S/C24H25NO5/c1-4-13-24(2,15-29-3)21(22(26)27)25-23(28)30-14-20-18-11-7-5-9-16(18)17-10-6-8-12-19(17)20/h5-12,20-21H,14-15H2,1-3H3,(H,25,28)(H,26,27)/t21-,24-/m1/s1. The predicted molar refractivity (Wildman–Crippen MR) is 113 cm³/mol. The molecule has 1 amide bonds. The fraction of sp³-hybridized carbons (Fsp3) is 0.333. The molecular formula is C24H25NO5. The molecule has 2 aromatic rings. The molecule has 2 atom stereocenters. The monoisotopic (exact) mass is 407 g/mol. The number of hydrogen-bond donors (Lipinski definition) is 2. The highest BCUT2D eigenvalue weighted by Gasteiger charge is 2.40. The Kier molecular flexibility index (Phi) is 6.43. The van der Waals surface area contributed by atoms with Crippen molar-refractivity contribution in [1.82, 2.24) is 5.32 Å². The van der Waals surface area contributed by atoms with Crippen molar-refractivity contribution in [1.29, 1.82) is 0 Å². The summed E-state index contributed by atoms with van der Waals surface area (Å²) >= 11 is 0. The molecule has 3 rings (SSSR count). The molecule has 0 spiro atoms. The summed E-state index contributed by atoms with van der Waals surface area (Å²) in [5, 5.41) is 12.1. The van der Waals surface area contributed by atoms with Gasteiger partial charge in [0.2, 0.25) is 0 Å². The highest BCUT2D eigenvalue weighted by atomic mass is 16.5. The molecule has 0 unspecified atom stereocenters. The van der Waals surface area contributed by atoms with E-state index in [4.69, 9.17) is 9.47 Å². The molecule has 0 aliphatic heterocycles. The average Bonchev–Trinajstić information content (AvgIpc) is 3.04. The van der Waals surface area contributed by atoms with Crippen LogP contribution in [-0.2, 0) is 14.3 Å². The first-order valence-corrected chi connectivity index (χ1v) is 9.68. The normalized spacial score (nSPS) is 15.0. The Balaban J connectivity index is 1.75. The van der Waals surface area contributed by atoms with Crippen LogP contribution in [0.1, 0.15) is 30.9 Å². The fourth-order valence-corrected chi connectivity index (χ4v) is 4.03. The summed E-state index contributed by atoms with van der Waals surface area (Å²) in [5.41, 5.74) is 3.32. The molecule has 1 aliphatic carbocycles. The third kappa shape index (κ3) is 4.17. The van der Waals surface area contributed by atoms with E-state index >= 15 is 0 Å². The van der Waals surface area contributed by atoms with Crippen LogP contribution in [0.25, 0.3) is 11.1 Å². The highest BCUT2D eigenvalue weighted by molar-refractivity contribution is 5.82. The van der Waals surface area contributed by atoms with Crippen LogP contribution in [0.15, 0.2) is 48.5 Å². The molecule has 6 nitrogen and oxygen atoms in total. The lowest BCUT2D eigenvalue weighted by atomic mass is 9.83. The first-order valence-electron chi connectivity index (χ1n) is 9.68. The number of nitrogens with one attached hydrogen (secondary N) is 1. The van der Waals surface area contributed by atoms with Gasteiger partial charge in [0.25, 0.3) is 0 Å². The summed E-state index contributed by atoms with van der Waals surface area (Å²) in [6.45, 7) is 3.40. The van der Waals surface area contributed by atoms with Crippen molar-refractivity contribution in [3.63, 3.8) is 0 Å². The minimum atomic E-state index is -1.28. The molecule has 0 bridgehead atoms. The molecule has 0 saturated carbocycles. The van der Waals surface area contributed by atoms with E-state index in [1.807, 2.05) is 48.5 Å². The van der Waals surface area contributed by atoms with Crippen LogP contribution >= 0.6 is 0 Å². The smallest absolute Gasteiger partial charge is 0.407 e. The predicted octanol–water partition coefficient (Wildman–Crippen LogP) is 3.65. The van der Waals surface area contributed by atoms with Gasteiger partial charge in [-0.05, 0) is 36.1 Å². The summed E-state index contributed by atoms with van der Waals surface area (Å²) < 4.78 is 10.6. The second-order valence-corrected chi connectivity index (χ2v) is 7.47. The number of carbonyl (C=O) groups is 2. The van der Waals surface area contributed by atoms with E-state index < -0.39 is 23.5 Å². The maximum Gasteiger partial charge on any atom is 0.407 e. The number of aliphatic carboxylic acids is 1. The number of rotatable bonds is 7. The summed E-state index contributed by atoms with van der Waals surface area (Å²) in [5.74, 6) is 4.25. The van der Waals surface area contributed by atoms with Crippen LogP contribution in [0.3, 0.4) is 0 Å². The van der Waals surface area contributed by atoms with Crippen LogP contribution in [0.2, 0.25) is 0 Å². The minimum Gasteiger partial charge on any atom is -0.480 e. The molecule has 0 aromatic heterocycles. The number of hydrogen-bond acceptors (Lipinski definition) is 4. The summed E-state index contributed by atoms with van der Waals surface area (Å²) in [7, 11) is 1.46. The Labute approximate surface area is 176 Å². The molecule has 0 radical (unpaired) electrons. The Bertz CT molecular complexity index is 960. The number of carboxylic acids is 1. The molecule has 0 saturated heterocycles. The van der Waals surface area contributed by atoms with Gasteiger partial charge in [-0.2, -0.15) is 0 Å². The van der Waals surface area contributed by atoms with Crippen LogP contribution < -0.4 is 5.32 Å².